The number of benzene rings is 1. The van der Waals surface area contributed by atoms with E-state index in [1.807, 2.05) is 18.2 Å². The molecule has 0 unspecified atom stereocenters. The van der Waals surface area contributed by atoms with Crippen LogP contribution in [0.1, 0.15) is 18.9 Å². The molecule has 0 aliphatic carbocycles. The average molecular weight is 279 g/mol. The highest BCUT2D eigenvalue weighted by atomic mass is 16.5. The van der Waals surface area contributed by atoms with Crippen LogP contribution >= 0.6 is 0 Å². The van der Waals surface area contributed by atoms with Crippen LogP contribution in [0.15, 0.2) is 23.8 Å². The van der Waals surface area contributed by atoms with E-state index in [1.54, 1.807) is 21.3 Å². The van der Waals surface area contributed by atoms with Crippen molar-refractivity contribution in [1.82, 2.24) is 5.32 Å². The summed E-state index contributed by atoms with van der Waals surface area (Å²) in [4.78, 5) is 0. The molecule has 0 aliphatic rings. The molecule has 0 saturated carbocycles. The van der Waals surface area contributed by atoms with Gasteiger partial charge in [0.25, 0.3) is 0 Å². The maximum absolute atomic E-state index is 5.28. The third kappa shape index (κ3) is 5.63. The van der Waals surface area contributed by atoms with E-state index >= 15 is 0 Å². The normalized spacial score (nSPS) is 11.5. The highest BCUT2D eigenvalue weighted by Gasteiger charge is 2.01. The summed E-state index contributed by atoms with van der Waals surface area (Å²) in [7, 11) is 5.03. The maximum atomic E-state index is 5.28. The molecule has 0 radical (unpaired) electrons. The number of methoxy groups -OCH3 is 3. The van der Waals surface area contributed by atoms with E-state index in [-0.39, 0.29) is 0 Å². The van der Waals surface area contributed by atoms with Crippen molar-refractivity contribution in [3.8, 4) is 11.5 Å². The summed E-state index contributed by atoms with van der Waals surface area (Å²) in [5.74, 6) is 1.61. The van der Waals surface area contributed by atoms with Crippen LogP contribution in [0.3, 0.4) is 0 Å². The minimum atomic E-state index is 0.726. The zero-order valence-electron chi connectivity index (χ0n) is 12.9. The summed E-state index contributed by atoms with van der Waals surface area (Å²) in [5, 5.41) is 3.36. The predicted octanol–water partition coefficient (Wildman–Crippen LogP) is 2.73. The lowest BCUT2D eigenvalue weighted by Gasteiger charge is -2.09. The predicted molar refractivity (Wildman–Crippen MR) is 82.6 cm³/mol. The molecule has 1 aromatic carbocycles. The van der Waals surface area contributed by atoms with Gasteiger partial charge in [-0.15, -0.1) is 0 Å². The highest BCUT2D eigenvalue weighted by Crippen LogP contribution is 2.24. The van der Waals surface area contributed by atoms with Gasteiger partial charge in [-0.3, -0.25) is 0 Å². The molecule has 0 atom stereocenters. The Morgan fingerprint density at radius 1 is 1.10 bits per heavy atom. The van der Waals surface area contributed by atoms with E-state index in [0.29, 0.717) is 0 Å². The molecule has 0 amide bonds. The molecular weight excluding hydrogens is 254 g/mol. The fourth-order valence-corrected chi connectivity index (χ4v) is 1.85. The third-order valence-electron chi connectivity index (χ3n) is 3.03. The molecule has 4 heteroatoms. The molecule has 0 saturated heterocycles. The fourth-order valence-electron chi connectivity index (χ4n) is 1.85. The lowest BCUT2D eigenvalue weighted by Crippen LogP contribution is -2.21. The van der Waals surface area contributed by atoms with Crippen molar-refractivity contribution in [1.29, 1.82) is 0 Å². The van der Waals surface area contributed by atoms with Gasteiger partial charge in [0.1, 0.15) is 11.5 Å². The van der Waals surface area contributed by atoms with E-state index in [1.165, 1.54) is 5.57 Å². The minimum Gasteiger partial charge on any atom is -0.497 e. The van der Waals surface area contributed by atoms with E-state index in [4.69, 9.17) is 14.2 Å². The quantitative estimate of drug-likeness (QED) is 0.706. The third-order valence-corrected chi connectivity index (χ3v) is 3.03. The van der Waals surface area contributed by atoms with Crippen LogP contribution in [0.25, 0.3) is 6.08 Å². The van der Waals surface area contributed by atoms with Crippen molar-refractivity contribution in [2.24, 2.45) is 0 Å². The molecule has 0 spiro atoms. The molecule has 0 heterocycles. The lowest BCUT2D eigenvalue weighted by molar-refractivity contribution is 0.200. The van der Waals surface area contributed by atoms with Gasteiger partial charge in [-0.2, -0.15) is 0 Å². The number of hydrogen-bond acceptors (Lipinski definition) is 4. The Morgan fingerprint density at radius 3 is 2.25 bits per heavy atom. The lowest BCUT2D eigenvalue weighted by atomic mass is 10.1. The van der Waals surface area contributed by atoms with Gasteiger partial charge in [-0.05, 0) is 24.1 Å². The van der Waals surface area contributed by atoms with Gasteiger partial charge in [0.05, 0.1) is 20.8 Å². The van der Waals surface area contributed by atoms with Crippen molar-refractivity contribution >= 4 is 6.08 Å². The first-order valence-corrected chi connectivity index (χ1v) is 6.85. The van der Waals surface area contributed by atoms with Gasteiger partial charge in [0.2, 0.25) is 0 Å². The number of rotatable bonds is 9. The van der Waals surface area contributed by atoms with E-state index in [2.05, 4.69) is 18.3 Å². The SMILES string of the molecule is CCC(=Cc1cc(OC)cc(OC)c1)CNCCOC. The molecule has 20 heavy (non-hydrogen) atoms. The standard InChI is InChI=1S/C16H25NO3/c1-5-13(12-17-6-7-18-2)8-14-9-15(19-3)11-16(10-14)20-4/h8-11,17H,5-7,12H2,1-4H3. The smallest absolute Gasteiger partial charge is 0.123 e. The van der Waals surface area contributed by atoms with Gasteiger partial charge < -0.3 is 19.5 Å². The first-order chi connectivity index (χ1) is 9.73. The molecule has 0 bridgehead atoms. The summed E-state index contributed by atoms with van der Waals surface area (Å²) in [6.45, 7) is 4.60. The van der Waals surface area contributed by atoms with E-state index < -0.39 is 0 Å². The van der Waals surface area contributed by atoms with Crippen molar-refractivity contribution in [2.45, 2.75) is 13.3 Å². The topological polar surface area (TPSA) is 39.7 Å². The molecule has 0 aliphatic heterocycles. The van der Waals surface area contributed by atoms with Crippen LogP contribution in [0.5, 0.6) is 11.5 Å². The zero-order valence-corrected chi connectivity index (χ0v) is 12.9. The second kappa shape index (κ2) is 9.39. The Morgan fingerprint density at radius 2 is 1.75 bits per heavy atom. The summed E-state index contributed by atoms with van der Waals surface area (Å²) in [6, 6.07) is 5.89. The molecule has 0 aromatic heterocycles. The van der Waals surface area contributed by atoms with Crippen molar-refractivity contribution < 1.29 is 14.2 Å². The van der Waals surface area contributed by atoms with Crippen LogP contribution in [0.4, 0.5) is 0 Å². The van der Waals surface area contributed by atoms with Crippen LogP contribution in [-0.4, -0.2) is 41.0 Å². The molecule has 1 rings (SSSR count). The summed E-state index contributed by atoms with van der Waals surface area (Å²) in [6.07, 6.45) is 3.17. The van der Waals surface area contributed by atoms with Gasteiger partial charge in [0.15, 0.2) is 0 Å². The average Bonchev–Trinajstić information content (AvgIpc) is 2.49. The Hall–Kier alpha value is -1.52. The largest absolute Gasteiger partial charge is 0.497 e. The van der Waals surface area contributed by atoms with Gasteiger partial charge >= 0.3 is 0 Å². The summed E-state index contributed by atoms with van der Waals surface area (Å²) in [5.41, 5.74) is 2.42. The molecule has 112 valence electrons. The van der Waals surface area contributed by atoms with Gasteiger partial charge in [-0.25, -0.2) is 0 Å². The Kier molecular flexibility index (Phi) is 7.77. The Labute approximate surface area is 121 Å². The van der Waals surface area contributed by atoms with Crippen LogP contribution in [-0.2, 0) is 4.74 Å². The van der Waals surface area contributed by atoms with E-state index in [9.17, 15) is 0 Å². The summed E-state index contributed by atoms with van der Waals surface area (Å²) < 4.78 is 15.6. The molecule has 1 aromatic rings. The zero-order chi connectivity index (χ0) is 14.8. The van der Waals surface area contributed by atoms with Gasteiger partial charge in [-0.1, -0.05) is 18.6 Å². The number of ether oxygens (including phenoxy) is 3. The molecule has 4 nitrogen and oxygen atoms in total. The first kappa shape index (κ1) is 16.5. The van der Waals surface area contributed by atoms with Crippen molar-refractivity contribution in [2.75, 3.05) is 41.0 Å². The van der Waals surface area contributed by atoms with Crippen molar-refractivity contribution in [3.63, 3.8) is 0 Å². The maximum Gasteiger partial charge on any atom is 0.123 e. The van der Waals surface area contributed by atoms with Crippen molar-refractivity contribution in [3.05, 3.63) is 29.3 Å². The number of nitrogens with one attached hydrogen (secondary N) is 1. The second-order valence-electron chi connectivity index (χ2n) is 4.47. The van der Waals surface area contributed by atoms with Crippen LogP contribution in [0.2, 0.25) is 0 Å². The second-order valence-corrected chi connectivity index (χ2v) is 4.47. The van der Waals surface area contributed by atoms with Gasteiger partial charge in [0, 0.05) is 26.3 Å². The summed E-state index contributed by atoms with van der Waals surface area (Å²) >= 11 is 0. The number of hydrogen-bond donors (Lipinski definition) is 1. The highest BCUT2D eigenvalue weighted by molar-refractivity contribution is 5.58. The minimum absolute atomic E-state index is 0.726. The van der Waals surface area contributed by atoms with Crippen LogP contribution < -0.4 is 14.8 Å². The first-order valence-electron chi connectivity index (χ1n) is 6.85. The fraction of sp³-hybridized carbons (Fsp3) is 0.500. The van der Waals surface area contributed by atoms with Crippen LogP contribution in [0, 0.1) is 0 Å². The molecular formula is C16H25NO3. The monoisotopic (exact) mass is 279 g/mol. The van der Waals surface area contributed by atoms with E-state index in [0.717, 1.165) is 43.2 Å². The Bertz CT molecular complexity index is 407. The Balaban J connectivity index is 2.77. The molecule has 1 N–H and O–H groups in total. The molecule has 0 fully saturated rings.